The summed E-state index contributed by atoms with van der Waals surface area (Å²) in [5.41, 5.74) is 0. The van der Waals surface area contributed by atoms with Crippen molar-refractivity contribution in [2.45, 2.75) is 0 Å². The summed E-state index contributed by atoms with van der Waals surface area (Å²) in [5.74, 6) is 0. The molecule has 0 bridgehead atoms. The minimum Gasteiger partial charge on any atom is -2.00 e. The van der Waals surface area contributed by atoms with Crippen molar-refractivity contribution in [3.63, 3.8) is 0 Å². The largest absolute Gasteiger partial charge is 6.00 e. The van der Waals surface area contributed by atoms with Crippen molar-refractivity contribution in [1.82, 2.24) is 0 Å². The second kappa shape index (κ2) is 68.9. The van der Waals surface area contributed by atoms with E-state index in [0.717, 1.165) is 0 Å². The molecule has 35 valence electrons. The summed E-state index contributed by atoms with van der Waals surface area (Å²) in [5, 5.41) is 0. The Hall–Kier alpha value is 1.84. The maximum Gasteiger partial charge on any atom is 6.00 e. The number of rotatable bonds is 0. The first-order chi connectivity index (χ1) is 0. The van der Waals surface area contributed by atoms with Crippen LogP contribution in [0.2, 0.25) is 0 Å². The average Bonchev–Trinajstić information content (AvgIpc) is 0. The third-order valence-corrected chi connectivity index (χ3v) is 0. The summed E-state index contributed by atoms with van der Waals surface area (Å²) in [4.78, 5) is 0. The summed E-state index contributed by atoms with van der Waals surface area (Å²) in [7, 11) is 0. The first kappa shape index (κ1) is 108. The van der Waals surface area contributed by atoms with Crippen molar-refractivity contribution in [1.29, 1.82) is 0 Å². The number of hydrogen-bond acceptors (Lipinski definition) is 0. The molecule has 0 aliphatic rings. The van der Waals surface area contributed by atoms with Gasteiger partial charge in [-0.1, -0.05) is 0 Å². The topological polar surface area (TPSA) is 85.5 Å². The van der Waals surface area contributed by atoms with E-state index in [9.17, 15) is 0 Å². The first-order valence-electron chi connectivity index (χ1n) is 0. The van der Waals surface area contributed by atoms with E-state index in [4.69, 9.17) is 0 Å². The quantitative estimate of drug-likeness (QED) is 0.515. The fourth-order valence-corrected chi connectivity index (χ4v) is 0. The Kier molecular flexibility index (Phi) is 1240. The van der Waals surface area contributed by atoms with Gasteiger partial charge in [-0.15, -0.1) is 0 Å². The van der Waals surface area contributed by atoms with E-state index in [1.165, 1.54) is 0 Å². The van der Waals surface area contributed by atoms with Gasteiger partial charge in [0.05, 0.1) is 0 Å². The fourth-order valence-electron chi connectivity index (χ4n) is 0. The molecule has 6 heteroatoms. The smallest absolute Gasteiger partial charge is 2.00 e. The van der Waals surface area contributed by atoms with Crippen LogP contribution in [-0.4, -0.2) is 0 Å². The van der Waals surface area contributed by atoms with Gasteiger partial charge in [0, 0.05) is 39.6 Å². The Bertz CT molecular complexity index is 10.8. The minimum absolute atomic E-state index is 0. The molecule has 0 aromatic carbocycles. The third kappa shape index (κ3) is 40.4. The molecular weight excluding hydrogens is 379 g/mol. The molecule has 0 atom stereocenters. The van der Waals surface area contributed by atoms with Crippen molar-refractivity contribution in [3.8, 4) is 0 Å². The molecule has 0 heterocycles. The Morgan fingerprint density at radius 2 is 0.667 bits per heavy atom. The maximum atomic E-state index is 0. The predicted octanol–water partition coefficient (Wildman–Crippen LogP) is -0.364. The van der Waals surface area contributed by atoms with Crippen molar-refractivity contribution in [2.75, 3.05) is 0 Å². The van der Waals surface area contributed by atoms with Crippen LogP contribution in [0.1, 0.15) is 0 Å². The molecule has 0 spiro atoms. The van der Waals surface area contributed by atoms with Gasteiger partial charge in [-0.3, -0.25) is 0 Å². The molecule has 0 aliphatic carbocycles. The molecule has 0 N–H and O–H groups in total. The molecule has 0 saturated carbocycles. The van der Waals surface area contributed by atoms with Crippen molar-refractivity contribution in [3.05, 3.63) is 0 Å². The standard InChI is InChI=1S/Mo.3O.V.W/q;3*-2;;+6. The average molecular weight is 379 g/mol. The summed E-state index contributed by atoms with van der Waals surface area (Å²) in [6.07, 6.45) is 0. The van der Waals surface area contributed by atoms with E-state index >= 15 is 0 Å². The Labute approximate surface area is 76.6 Å². The summed E-state index contributed by atoms with van der Waals surface area (Å²) >= 11 is 0. The van der Waals surface area contributed by atoms with Gasteiger partial charge < -0.3 is 16.4 Å². The minimum atomic E-state index is 0. The molecule has 0 unspecified atom stereocenters. The number of hydrogen-bond donors (Lipinski definition) is 0. The van der Waals surface area contributed by atoms with Crippen LogP contribution in [-0.2, 0) is 77.1 Å². The van der Waals surface area contributed by atoms with Gasteiger partial charge in [-0.2, -0.15) is 0 Å². The van der Waals surface area contributed by atoms with Gasteiger partial charge in [-0.05, 0) is 0 Å². The zero-order valence-electron chi connectivity index (χ0n) is 2.49. The van der Waals surface area contributed by atoms with Gasteiger partial charge in [0.25, 0.3) is 0 Å². The zero-order chi connectivity index (χ0) is 0. The van der Waals surface area contributed by atoms with E-state index in [0.29, 0.717) is 0 Å². The van der Waals surface area contributed by atoms with E-state index in [1.54, 1.807) is 0 Å². The van der Waals surface area contributed by atoms with Crippen molar-refractivity contribution < 1.29 is 77.1 Å². The molecule has 0 aromatic rings. The molecule has 0 aliphatic heterocycles. The second-order valence-electron chi connectivity index (χ2n) is 0. The Morgan fingerprint density at radius 1 is 0.667 bits per heavy atom. The molecule has 0 aromatic heterocycles. The maximum absolute atomic E-state index is 0. The molecule has 0 saturated heterocycles. The van der Waals surface area contributed by atoms with Crippen LogP contribution in [0.3, 0.4) is 0 Å². The second-order valence-corrected chi connectivity index (χ2v) is 0. The van der Waals surface area contributed by atoms with Crippen LogP contribution in [0.4, 0.5) is 0 Å². The normalized spacial score (nSPS) is 0. The fraction of sp³-hybridized carbons (Fsp3) is 0. The van der Waals surface area contributed by atoms with Gasteiger partial charge in [0.2, 0.25) is 0 Å². The van der Waals surface area contributed by atoms with Gasteiger partial charge in [0.1, 0.15) is 0 Å². The molecule has 3 nitrogen and oxygen atoms in total. The molecule has 6 heavy (non-hydrogen) atoms. The van der Waals surface area contributed by atoms with Crippen LogP contribution in [0, 0.1) is 0 Å². The van der Waals surface area contributed by atoms with Crippen LogP contribution in [0.15, 0.2) is 0 Å². The summed E-state index contributed by atoms with van der Waals surface area (Å²) in [6.45, 7) is 0. The summed E-state index contributed by atoms with van der Waals surface area (Å²) < 4.78 is 0. The van der Waals surface area contributed by atoms with E-state index in [1.807, 2.05) is 0 Å². The van der Waals surface area contributed by atoms with Crippen molar-refractivity contribution in [2.24, 2.45) is 0 Å². The SMILES string of the molecule is [Mo].[O-2].[O-2].[O-2].[V].[W+6]. The van der Waals surface area contributed by atoms with Crippen molar-refractivity contribution >= 4 is 0 Å². The molecule has 1 radical (unpaired) electrons. The van der Waals surface area contributed by atoms with Gasteiger partial charge in [0.15, 0.2) is 0 Å². The van der Waals surface area contributed by atoms with E-state index in [2.05, 4.69) is 0 Å². The van der Waals surface area contributed by atoms with E-state index in [-0.39, 0.29) is 77.1 Å². The third-order valence-electron chi connectivity index (χ3n) is 0. The molecular formula is MoO3VW. The molecule has 0 amide bonds. The first-order valence-corrected chi connectivity index (χ1v) is 0. The van der Waals surface area contributed by atoms with Crippen LogP contribution in [0.5, 0.6) is 0 Å². The van der Waals surface area contributed by atoms with Crippen LogP contribution in [0.25, 0.3) is 0 Å². The zero-order valence-corrected chi connectivity index (χ0v) is 8.83. The van der Waals surface area contributed by atoms with Gasteiger partial charge >= 0.3 is 21.1 Å². The monoisotopic (exact) mass is 381 g/mol. The predicted molar refractivity (Wildman–Crippen MR) is 2.06 cm³/mol. The van der Waals surface area contributed by atoms with Crippen LogP contribution >= 0.6 is 0 Å². The van der Waals surface area contributed by atoms with Crippen LogP contribution < -0.4 is 0 Å². The summed E-state index contributed by atoms with van der Waals surface area (Å²) in [6, 6.07) is 0. The van der Waals surface area contributed by atoms with Gasteiger partial charge in [-0.25, -0.2) is 0 Å². The molecule has 0 rings (SSSR count). The Balaban J connectivity index is 0. The van der Waals surface area contributed by atoms with E-state index < -0.39 is 0 Å². The Morgan fingerprint density at radius 3 is 0.667 bits per heavy atom. The molecule has 0 fully saturated rings.